The van der Waals surface area contributed by atoms with Gasteiger partial charge in [0, 0.05) is 0 Å². The van der Waals surface area contributed by atoms with Crippen LogP contribution in [0, 0.1) is 0 Å². The van der Waals surface area contributed by atoms with Gasteiger partial charge in [0.2, 0.25) is 0 Å². The lowest BCUT2D eigenvalue weighted by Gasteiger charge is -2.16. The van der Waals surface area contributed by atoms with E-state index in [4.69, 9.17) is 0 Å². The highest BCUT2D eigenvalue weighted by molar-refractivity contribution is 6.15. The summed E-state index contributed by atoms with van der Waals surface area (Å²) in [5.74, 6) is 0. The Morgan fingerprint density at radius 3 is 1.20 bits per heavy atom. The fourth-order valence-electron chi connectivity index (χ4n) is 6.51. The van der Waals surface area contributed by atoms with Crippen LogP contribution in [0.25, 0.3) is 57.3 Å². The molecule has 0 saturated heterocycles. The van der Waals surface area contributed by atoms with Gasteiger partial charge in [-0.3, -0.25) is 0 Å². The van der Waals surface area contributed by atoms with Gasteiger partial charge >= 0.3 is 0 Å². The average Bonchev–Trinajstić information content (AvgIpc) is 3.43. The summed E-state index contributed by atoms with van der Waals surface area (Å²) < 4.78 is 0. The van der Waals surface area contributed by atoms with E-state index >= 15 is 0 Å². The van der Waals surface area contributed by atoms with Crippen molar-refractivity contribution in [3.05, 3.63) is 214 Å². The largest absolute Gasteiger partial charge is 0.0622 e. The average molecular weight is 585 g/mol. The first kappa shape index (κ1) is 27.6. The molecule has 0 amide bonds. The molecule has 0 bridgehead atoms. The van der Waals surface area contributed by atoms with Crippen molar-refractivity contribution in [1.29, 1.82) is 0 Å². The van der Waals surface area contributed by atoms with Gasteiger partial charge in [0.1, 0.15) is 0 Å². The highest BCUT2D eigenvalue weighted by Gasteiger charge is 2.27. The molecular weight excluding hydrogens is 553 g/mol. The molecule has 0 atom stereocenters. The van der Waals surface area contributed by atoms with Gasteiger partial charge in [-0.2, -0.15) is 0 Å². The van der Waals surface area contributed by atoms with E-state index in [-0.39, 0.29) is 0 Å². The monoisotopic (exact) mass is 584 g/mol. The SMILES string of the molecule is C(=C\c1ccc(C(=C2c3ccccc3-c3cc4ccccc4cc32)c2ccc(/C=C/c3ccccc3)cc2)cc1)/c1ccccc1. The molecule has 0 aliphatic heterocycles. The lowest BCUT2D eigenvalue weighted by atomic mass is 9.87. The van der Waals surface area contributed by atoms with Gasteiger partial charge in [0.25, 0.3) is 0 Å². The zero-order chi connectivity index (χ0) is 30.7. The number of fused-ring (bicyclic) bond motifs is 4. The van der Waals surface area contributed by atoms with Crippen molar-refractivity contribution in [3.63, 3.8) is 0 Å². The van der Waals surface area contributed by atoms with Gasteiger partial charge in [-0.25, -0.2) is 0 Å². The number of hydrogen-bond acceptors (Lipinski definition) is 0. The predicted molar refractivity (Wildman–Crippen MR) is 198 cm³/mol. The summed E-state index contributed by atoms with van der Waals surface area (Å²) in [6.45, 7) is 0. The molecule has 0 heteroatoms. The van der Waals surface area contributed by atoms with E-state index < -0.39 is 0 Å². The van der Waals surface area contributed by atoms with Gasteiger partial charge in [-0.05, 0) is 89.7 Å². The smallest absolute Gasteiger partial charge is 0.00141 e. The minimum absolute atomic E-state index is 1.18. The van der Waals surface area contributed by atoms with Gasteiger partial charge in [-0.15, -0.1) is 0 Å². The van der Waals surface area contributed by atoms with Crippen LogP contribution in [0.5, 0.6) is 0 Å². The van der Waals surface area contributed by atoms with E-state index in [0.29, 0.717) is 0 Å². The second kappa shape index (κ2) is 12.2. The van der Waals surface area contributed by atoms with Crippen molar-refractivity contribution in [2.75, 3.05) is 0 Å². The van der Waals surface area contributed by atoms with E-state index in [1.807, 2.05) is 0 Å². The lowest BCUT2D eigenvalue weighted by Crippen LogP contribution is -1.95. The molecule has 0 unspecified atom stereocenters. The second-order valence-electron chi connectivity index (χ2n) is 11.8. The summed E-state index contributed by atoms with van der Waals surface area (Å²) in [5.41, 5.74) is 14.9. The third-order valence-corrected chi connectivity index (χ3v) is 8.83. The molecule has 0 fully saturated rings. The Morgan fingerprint density at radius 1 is 0.304 bits per heavy atom. The molecule has 1 aliphatic rings. The van der Waals surface area contributed by atoms with Crippen LogP contribution < -0.4 is 0 Å². The Labute approximate surface area is 271 Å². The van der Waals surface area contributed by atoms with Crippen LogP contribution in [0.2, 0.25) is 0 Å². The molecule has 7 aromatic rings. The maximum absolute atomic E-state index is 2.38. The van der Waals surface area contributed by atoms with E-state index in [1.54, 1.807) is 0 Å². The van der Waals surface area contributed by atoms with Crippen LogP contribution >= 0.6 is 0 Å². The maximum atomic E-state index is 2.38. The molecule has 7 aromatic carbocycles. The minimum Gasteiger partial charge on any atom is -0.0622 e. The molecule has 0 aromatic heterocycles. The first-order chi connectivity index (χ1) is 22.8. The van der Waals surface area contributed by atoms with Crippen molar-refractivity contribution in [1.82, 2.24) is 0 Å². The third-order valence-electron chi connectivity index (χ3n) is 8.83. The van der Waals surface area contributed by atoms with Gasteiger partial charge < -0.3 is 0 Å². The predicted octanol–water partition coefficient (Wildman–Crippen LogP) is 12.2. The summed E-state index contributed by atoms with van der Waals surface area (Å²) in [6.07, 6.45) is 8.72. The van der Waals surface area contributed by atoms with Crippen LogP contribution in [0.4, 0.5) is 0 Å². The molecule has 46 heavy (non-hydrogen) atoms. The highest BCUT2D eigenvalue weighted by Crippen LogP contribution is 2.50. The molecule has 1 aliphatic carbocycles. The van der Waals surface area contributed by atoms with Crippen molar-refractivity contribution in [2.24, 2.45) is 0 Å². The quantitative estimate of drug-likeness (QED) is 0.171. The number of hydrogen-bond donors (Lipinski definition) is 0. The lowest BCUT2D eigenvalue weighted by molar-refractivity contribution is 1.52. The molecule has 0 heterocycles. The summed E-state index contributed by atoms with van der Waals surface area (Å²) in [4.78, 5) is 0. The van der Waals surface area contributed by atoms with Crippen LogP contribution in [0.15, 0.2) is 170 Å². The topological polar surface area (TPSA) is 0 Å². The first-order valence-electron chi connectivity index (χ1n) is 15.8. The molecule has 0 spiro atoms. The molecule has 0 N–H and O–H groups in total. The summed E-state index contributed by atoms with van der Waals surface area (Å²) >= 11 is 0. The first-order valence-corrected chi connectivity index (χ1v) is 15.8. The zero-order valence-electron chi connectivity index (χ0n) is 25.5. The Morgan fingerprint density at radius 2 is 0.696 bits per heavy atom. The normalized spacial score (nSPS) is 12.1. The standard InChI is InChI=1S/C46H32/c1-3-11-33(12-4-1)19-21-35-23-27-37(28-24-35)45(38-29-25-36(26-30-38)22-20-34-13-5-2-6-14-34)46-42-18-10-9-17-41(42)43-31-39-15-7-8-16-40(39)32-44(43)46/h1-32H/b21-19+,22-20+. The van der Waals surface area contributed by atoms with E-state index in [2.05, 4.69) is 194 Å². The molecule has 216 valence electrons. The van der Waals surface area contributed by atoms with Gasteiger partial charge in [0.15, 0.2) is 0 Å². The molecule has 8 rings (SSSR count). The highest BCUT2D eigenvalue weighted by atomic mass is 14.3. The number of benzene rings is 7. The van der Waals surface area contributed by atoms with E-state index in [0.717, 1.165) is 0 Å². The minimum atomic E-state index is 1.18. The molecule has 0 saturated carbocycles. The van der Waals surface area contributed by atoms with E-state index in [1.165, 1.54) is 77.6 Å². The van der Waals surface area contributed by atoms with Crippen LogP contribution in [-0.2, 0) is 0 Å². The Balaban J connectivity index is 1.28. The summed E-state index contributed by atoms with van der Waals surface area (Å²) in [5, 5.41) is 2.52. The Hall–Kier alpha value is -5.98. The van der Waals surface area contributed by atoms with Gasteiger partial charge in [-0.1, -0.05) is 182 Å². The maximum Gasteiger partial charge on any atom is -0.00141 e. The van der Waals surface area contributed by atoms with Crippen LogP contribution in [0.3, 0.4) is 0 Å². The fourth-order valence-corrected chi connectivity index (χ4v) is 6.51. The Bertz CT molecular complexity index is 2150. The van der Waals surface area contributed by atoms with Gasteiger partial charge in [0.05, 0.1) is 0 Å². The number of rotatable bonds is 6. The third kappa shape index (κ3) is 5.42. The van der Waals surface area contributed by atoms with Crippen molar-refractivity contribution < 1.29 is 0 Å². The Kier molecular flexibility index (Phi) is 7.30. The van der Waals surface area contributed by atoms with Crippen LogP contribution in [-0.4, -0.2) is 0 Å². The zero-order valence-corrected chi connectivity index (χ0v) is 25.5. The van der Waals surface area contributed by atoms with Crippen molar-refractivity contribution >= 4 is 46.2 Å². The van der Waals surface area contributed by atoms with Crippen molar-refractivity contribution in [2.45, 2.75) is 0 Å². The van der Waals surface area contributed by atoms with E-state index in [9.17, 15) is 0 Å². The second-order valence-corrected chi connectivity index (χ2v) is 11.8. The van der Waals surface area contributed by atoms with Crippen molar-refractivity contribution in [3.8, 4) is 11.1 Å². The summed E-state index contributed by atoms with van der Waals surface area (Å²) in [6, 6.07) is 61.2. The molecular formula is C46H32. The van der Waals surface area contributed by atoms with Crippen LogP contribution in [0.1, 0.15) is 44.5 Å². The summed E-state index contributed by atoms with van der Waals surface area (Å²) in [7, 11) is 0. The fraction of sp³-hybridized carbons (Fsp3) is 0. The molecule has 0 radical (unpaired) electrons. The molecule has 0 nitrogen and oxygen atoms in total.